The molecule has 0 spiro atoms. The first-order chi connectivity index (χ1) is 8.69. The molecule has 0 fully saturated rings. The van der Waals surface area contributed by atoms with Crippen molar-refractivity contribution in [1.29, 1.82) is 0 Å². The van der Waals surface area contributed by atoms with Crippen molar-refractivity contribution in [3.63, 3.8) is 0 Å². The van der Waals surface area contributed by atoms with Crippen molar-refractivity contribution < 1.29 is 0 Å². The molecule has 0 amide bonds. The monoisotopic (exact) mass is 261 g/mol. The molecule has 1 aromatic carbocycles. The fourth-order valence-corrected chi connectivity index (χ4v) is 1.91. The molecule has 1 unspecified atom stereocenters. The van der Waals surface area contributed by atoms with E-state index in [0.29, 0.717) is 5.15 Å². The summed E-state index contributed by atoms with van der Waals surface area (Å²) >= 11 is 5.82. The molecule has 94 valence electrons. The molecule has 1 atom stereocenters. The molecule has 0 saturated carbocycles. The number of aryl methyl sites for hydroxylation is 1. The molecule has 0 saturated heterocycles. The molecular weight excluding hydrogens is 246 g/mol. The Bertz CT molecular complexity index is 511. The Morgan fingerprint density at radius 2 is 1.94 bits per heavy atom. The van der Waals surface area contributed by atoms with E-state index in [0.717, 1.165) is 12.2 Å². The average molecular weight is 262 g/mol. The third kappa shape index (κ3) is 3.20. The van der Waals surface area contributed by atoms with Crippen molar-refractivity contribution in [3.8, 4) is 0 Å². The van der Waals surface area contributed by atoms with E-state index in [2.05, 4.69) is 53.4 Å². The Labute approximate surface area is 112 Å². The highest BCUT2D eigenvalue weighted by atomic mass is 35.5. The van der Waals surface area contributed by atoms with Gasteiger partial charge in [0.2, 0.25) is 0 Å². The van der Waals surface area contributed by atoms with Gasteiger partial charge in [0.1, 0.15) is 17.3 Å². The molecule has 2 rings (SSSR count). The summed E-state index contributed by atoms with van der Waals surface area (Å²) in [5, 5.41) is 3.75. The standard InChI is InChI=1S/C14H16ClN3/c1-3-11-4-6-12(7-5-11)10(2)18-14-8-13(15)16-9-17-14/h4-10H,3H2,1-2H3,(H,16,17,18). The summed E-state index contributed by atoms with van der Waals surface area (Å²) < 4.78 is 0. The van der Waals surface area contributed by atoms with Crippen LogP contribution in [0.3, 0.4) is 0 Å². The van der Waals surface area contributed by atoms with Gasteiger partial charge in [0.15, 0.2) is 0 Å². The minimum absolute atomic E-state index is 0.182. The molecule has 0 aliphatic heterocycles. The van der Waals surface area contributed by atoms with E-state index in [9.17, 15) is 0 Å². The minimum Gasteiger partial charge on any atom is -0.363 e. The van der Waals surface area contributed by atoms with Crippen LogP contribution in [-0.2, 0) is 6.42 Å². The molecule has 2 aromatic rings. The molecule has 3 nitrogen and oxygen atoms in total. The van der Waals surface area contributed by atoms with E-state index in [1.54, 1.807) is 6.07 Å². The van der Waals surface area contributed by atoms with Crippen LogP contribution < -0.4 is 5.32 Å². The van der Waals surface area contributed by atoms with E-state index in [-0.39, 0.29) is 6.04 Å². The second-order valence-electron chi connectivity index (χ2n) is 4.19. The topological polar surface area (TPSA) is 37.8 Å². The highest BCUT2D eigenvalue weighted by molar-refractivity contribution is 6.29. The summed E-state index contributed by atoms with van der Waals surface area (Å²) in [6.07, 6.45) is 2.52. The van der Waals surface area contributed by atoms with Gasteiger partial charge in [-0.1, -0.05) is 42.8 Å². The zero-order valence-electron chi connectivity index (χ0n) is 10.5. The predicted molar refractivity (Wildman–Crippen MR) is 74.9 cm³/mol. The highest BCUT2D eigenvalue weighted by Crippen LogP contribution is 2.19. The Morgan fingerprint density at radius 1 is 1.22 bits per heavy atom. The van der Waals surface area contributed by atoms with Crippen LogP contribution in [0, 0.1) is 0 Å². The van der Waals surface area contributed by atoms with Crippen molar-refractivity contribution in [2.24, 2.45) is 0 Å². The number of benzene rings is 1. The Kier molecular flexibility index (Phi) is 4.15. The predicted octanol–water partition coefficient (Wildman–Crippen LogP) is 3.87. The number of aromatic nitrogens is 2. The molecule has 0 bridgehead atoms. The van der Waals surface area contributed by atoms with Gasteiger partial charge in [0, 0.05) is 12.1 Å². The first kappa shape index (κ1) is 12.8. The lowest BCUT2D eigenvalue weighted by atomic mass is 10.1. The number of hydrogen-bond donors (Lipinski definition) is 1. The Hall–Kier alpha value is -1.61. The maximum atomic E-state index is 5.82. The number of nitrogens with zero attached hydrogens (tertiary/aromatic N) is 2. The van der Waals surface area contributed by atoms with Crippen LogP contribution >= 0.6 is 11.6 Å². The third-order valence-electron chi connectivity index (χ3n) is 2.89. The largest absolute Gasteiger partial charge is 0.363 e. The van der Waals surface area contributed by atoms with E-state index in [1.165, 1.54) is 17.5 Å². The van der Waals surface area contributed by atoms with Crippen molar-refractivity contribution in [2.45, 2.75) is 26.3 Å². The Balaban J connectivity index is 2.09. The van der Waals surface area contributed by atoms with Gasteiger partial charge in [0.05, 0.1) is 0 Å². The number of anilines is 1. The van der Waals surface area contributed by atoms with Crippen LogP contribution in [-0.4, -0.2) is 9.97 Å². The van der Waals surface area contributed by atoms with Crippen LogP contribution in [0.2, 0.25) is 5.15 Å². The van der Waals surface area contributed by atoms with E-state index in [4.69, 9.17) is 11.6 Å². The van der Waals surface area contributed by atoms with Gasteiger partial charge >= 0.3 is 0 Å². The number of halogens is 1. The number of hydrogen-bond acceptors (Lipinski definition) is 3. The Morgan fingerprint density at radius 3 is 2.56 bits per heavy atom. The smallest absolute Gasteiger partial charge is 0.134 e. The highest BCUT2D eigenvalue weighted by Gasteiger charge is 2.06. The molecule has 0 aliphatic rings. The van der Waals surface area contributed by atoms with Crippen LogP contribution in [0.5, 0.6) is 0 Å². The summed E-state index contributed by atoms with van der Waals surface area (Å²) in [4.78, 5) is 7.99. The molecule has 0 aliphatic carbocycles. The summed E-state index contributed by atoms with van der Waals surface area (Å²) in [6.45, 7) is 4.25. The molecule has 0 radical (unpaired) electrons. The molecular formula is C14H16ClN3. The fourth-order valence-electron chi connectivity index (χ4n) is 1.76. The number of nitrogens with one attached hydrogen (secondary N) is 1. The van der Waals surface area contributed by atoms with Crippen molar-refractivity contribution in [1.82, 2.24) is 9.97 Å². The lowest BCUT2D eigenvalue weighted by Crippen LogP contribution is -2.08. The summed E-state index contributed by atoms with van der Waals surface area (Å²) in [5.41, 5.74) is 2.57. The van der Waals surface area contributed by atoms with Gasteiger partial charge in [0.25, 0.3) is 0 Å². The minimum atomic E-state index is 0.182. The van der Waals surface area contributed by atoms with Crippen molar-refractivity contribution >= 4 is 17.4 Å². The second-order valence-corrected chi connectivity index (χ2v) is 4.57. The van der Waals surface area contributed by atoms with Gasteiger partial charge in [-0.3, -0.25) is 0 Å². The quantitative estimate of drug-likeness (QED) is 0.849. The lowest BCUT2D eigenvalue weighted by molar-refractivity contribution is 0.870. The van der Waals surface area contributed by atoms with Gasteiger partial charge in [-0.2, -0.15) is 0 Å². The maximum absolute atomic E-state index is 5.82. The van der Waals surface area contributed by atoms with Crippen LogP contribution in [0.4, 0.5) is 5.82 Å². The lowest BCUT2D eigenvalue weighted by Gasteiger charge is -2.15. The average Bonchev–Trinajstić information content (AvgIpc) is 2.39. The summed E-state index contributed by atoms with van der Waals surface area (Å²) in [7, 11) is 0. The second kappa shape index (κ2) is 5.83. The van der Waals surface area contributed by atoms with Crippen LogP contribution in [0.15, 0.2) is 36.7 Å². The third-order valence-corrected chi connectivity index (χ3v) is 3.09. The zero-order valence-corrected chi connectivity index (χ0v) is 11.3. The molecule has 1 aromatic heterocycles. The van der Waals surface area contributed by atoms with Gasteiger partial charge < -0.3 is 5.32 Å². The first-order valence-electron chi connectivity index (χ1n) is 6.02. The van der Waals surface area contributed by atoms with Crippen LogP contribution in [0.1, 0.15) is 31.0 Å². The summed E-state index contributed by atoms with van der Waals surface area (Å²) in [6, 6.07) is 10.5. The van der Waals surface area contributed by atoms with E-state index < -0.39 is 0 Å². The molecule has 1 heterocycles. The van der Waals surface area contributed by atoms with Crippen molar-refractivity contribution in [2.75, 3.05) is 5.32 Å². The zero-order chi connectivity index (χ0) is 13.0. The summed E-state index contributed by atoms with van der Waals surface area (Å²) in [5.74, 6) is 0.738. The molecule has 18 heavy (non-hydrogen) atoms. The van der Waals surface area contributed by atoms with Gasteiger partial charge in [-0.05, 0) is 24.5 Å². The first-order valence-corrected chi connectivity index (χ1v) is 6.39. The van der Waals surface area contributed by atoms with E-state index in [1.807, 2.05) is 0 Å². The normalized spacial score (nSPS) is 12.2. The fraction of sp³-hybridized carbons (Fsp3) is 0.286. The molecule has 4 heteroatoms. The van der Waals surface area contributed by atoms with E-state index >= 15 is 0 Å². The van der Waals surface area contributed by atoms with Crippen LogP contribution in [0.25, 0.3) is 0 Å². The maximum Gasteiger partial charge on any atom is 0.134 e. The molecule has 1 N–H and O–H groups in total. The van der Waals surface area contributed by atoms with Crippen molar-refractivity contribution in [3.05, 3.63) is 52.9 Å². The van der Waals surface area contributed by atoms with Gasteiger partial charge in [-0.25, -0.2) is 9.97 Å². The van der Waals surface area contributed by atoms with Gasteiger partial charge in [-0.15, -0.1) is 0 Å². The number of rotatable bonds is 4. The SMILES string of the molecule is CCc1ccc(C(C)Nc2cc(Cl)ncn2)cc1.